The first-order valence-electron chi connectivity index (χ1n) is 12.1. The summed E-state index contributed by atoms with van der Waals surface area (Å²) in [6, 6.07) is 3.13. The standard InChI is InChI=1S/C25H30N4O5S/c1-13-12-26-24(35-13)27-22(31)6-4-15-10-21(28-32)25(2)8-7-16-17(23(15)25)5-3-14-9-20(30)19(29(33)34)11-18(14)16/h9,11-12,15-17,23,30,32H,3-8,10H2,1-2H3,(H,26,27,31)/b28-21+. The highest BCUT2D eigenvalue weighted by Gasteiger charge is 2.57. The smallest absolute Gasteiger partial charge is 0.310 e. The molecule has 5 unspecified atom stereocenters. The normalized spacial score (nSPS) is 30.4. The van der Waals surface area contributed by atoms with Crippen LogP contribution in [0.15, 0.2) is 23.5 Å². The number of fused-ring (bicyclic) bond motifs is 5. The number of nitro groups is 1. The van der Waals surface area contributed by atoms with E-state index in [0.717, 1.165) is 47.4 Å². The number of carbonyl (C=O) groups is 1. The number of hydrogen-bond acceptors (Lipinski definition) is 8. The number of rotatable bonds is 5. The van der Waals surface area contributed by atoms with Gasteiger partial charge in [0.15, 0.2) is 10.9 Å². The highest BCUT2D eigenvalue weighted by molar-refractivity contribution is 7.15. The minimum absolute atomic E-state index is 0.0668. The van der Waals surface area contributed by atoms with Crippen LogP contribution in [0.4, 0.5) is 10.8 Å². The van der Waals surface area contributed by atoms with Crippen LogP contribution in [0.1, 0.15) is 67.4 Å². The van der Waals surface area contributed by atoms with Crippen LogP contribution in [0.3, 0.4) is 0 Å². The average molecular weight is 499 g/mol. The van der Waals surface area contributed by atoms with Crippen LogP contribution >= 0.6 is 11.3 Å². The van der Waals surface area contributed by atoms with Gasteiger partial charge in [-0.15, -0.1) is 11.3 Å². The van der Waals surface area contributed by atoms with Gasteiger partial charge >= 0.3 is 5.69 Å². The number of oxime groups is 1. The Kier molecular flexibility index (Phi) is 6.03. The van der Waals surface area contributed by atoms with Crippen LogP contribution in [0.25, 0.3) is 0 Å². The second kappa shape index (κ2) is 8.89. The number of nitrogens with one attached hydrogen (secondary N) is 1. The van der Waals surface area contributed by atoms with Crippen molar-refractivity contribution in [3.8, 4) is 5.75 Å². The molecule has 186 valence electrons. The Hall–Kier alpha value is -3.01. The largest absolute Gasteiger partial charge is 0.502 e. The van der Waals surface area contributed by atoms with Gasteiger partial charge in [0, 0.05) is 29.0 Å². The number of thiazole rings is 1. The molecule has 0 spiro atoms. The second-order valence-electron chi connectivity index (χ2n) is 10.5. The Bertz CT molecular complexity index is 1210. The fourth-order valence-corrected chi connectivity index (χ4v) is 7.84. The number of aryl methyl sites for hydroxylation is 2. The van der Waals surface area contributed by atoms with Crippen LogP contribution in [-0.4, -0.2) is 31.8 Å². The molecule has 1 heterocycles. The van der Waals surface area contributed by atoms with Crippen molar-refractivity contribution in [3.05, 3.63) is 44.4 Å². The number of benzene rings is 1. The van der Waals surface area contributed by atoms with Gasteiger partial charge in [-0.25, -0.2) is 4.98 Å². The number of phenolic OH excluding ortho intramolecular Hbond substituents is 1. The summed E-state index contributed by atoms with van der Waals surface area (Å²) in [5.41, 5.74) is 2.28. The monoisotopic (exact) mass is 498 g/mol. The zero-order valence-corrected chi connectivity index (χ0v) is 20.7. The molecule has 5 rings (SSSR count). The number of amides is 1. The Morgan fingerprint density at radius 1 is 1.40 bits per heavy atom. The molecule has 1 aromatic heterocycles. The molecule has 2 saturated carbocycles. The summed E-state index contributed by atoms with van der Waals surface area (Å²) >= 11 is 1.45. The molecule has 2 aromatic rings. The molecule has 0 bridgehead atoms. The van der Waals surface area contributed by atoms with Gasteiger partial charge in [0.05, 0.1) is 10.6 Å². The van der Waals surface area contributed by atoms with Crippen molar-refractivity contribution < 1.29 is 20.0 Å². The topological polar surface area (TPSA) is 138 Å². The molecule has 10 heteroatoms. The Labute approximate surface area is 207 Å². The zero-order chi connectivity index (χ0) is 24.9. The van der Waals surface area contributed by atoms with Crippen molar-refractivity contribution in [3.63, 3.8) is 0 Å². The van der Waals surface area contributed by atoms with E-state index in [1.807, 2.05) is 6.92 Å². The SMILES string of the molecule is Cc1cnc(NC(=O)CCC2C/C(=N\O)C3(C)CCC4c5cc([N+](=O)[O-])c(O)cc5CCC4C23)s1. The van der Waals surface area contributed by atoms with Crippen molar-refractivity contribution in [2.75, 3.05) is 5.32 Å². The lowest BCUT2D eigenvalue weighted by Gasteiger charge is -2.50. The summed E-state index contributed by atoms with van der Waals surface area (Å²) in [5, 5.41) is 38.7. The van der Waals surface area contributed by atoms with Gasteiger partial charge in [0.2, 0.25) is 5.91 Å². The molecular weight excluding hydrogens is 468 g/mol. The summed E-state index contributed by atoms with van der Waals surface area (Å²) in [6.07, 6.45) is 6.78. The maximum absolute atomic E-state index is 12.6. The van der Waals surface area contributed by atoms with Gasteiger partial charge in [-0.2, -0.15) is 0 Å². The number of nitrogens with zero attached hydrogens (tertiary/aromatic N) is 3. The lowest BCUT2D eigenvalue weighted by Crippen LogP contribution is -2.44. The number of phenols is 1. The van der Waals surface area contributed by atoms with E-state index in [1.54, 1.807) is 18.3 Å². The number of aromatic hydroxyl groups is 1. The lowest BCUT2D eigenvalue weighted by molar-refractivity contribution is -0.386. The molecule has 5 atom stereocenters. The molecule has 0 saturated heterocycles. The highest BCUT2D eigenvalue weighted by Crippen LogP contribution is 2.62. The molecule has 1 amide bonds. The van der Waals surface area contributed by atoms with E-state index in [1.165, 1.54) is 11.3 Å². The summed E-state index contributed by atoms with van der Waals surface area (Å²) in [4.78, 5) is 28.8. The Morgan fingerprint density at radius 3 is 2.89 bits per heavy atom. The number of anilines is 1. The first-order valence-corrected chi connectivity index (χ1v) is 13.0. The van der Waals surface area contributed by atoms with E-state index in [2.05, 4.69) is 22.4 Å². The van der Waals surface area contributed by atoms with E-state index in [-0.39, 0.29) is 46.4 Å². The lowest BCUT2D eigenvalue weighted by atomic mass is 9.54. The maximum atomic E-state index is 12.6. The molecule has 0 radical (unpaired) electrons. The minimum atomic E-state index is -0.524. The van der Waals surface area contributed by atoms with Gasteiger partial charge in [0.1, 0.15) is 0 Å². The summed E-state index contributed by atoms with van der Waals surface area (Å²) in [6.45, 7) is 4.12. The Balaban J connectivity index is 1.39. The van der Waals surface area contributed by atoms with Crippen LogP contribution in [0.2, 0.25) is 0 Å². The molecule has 3 aliphatic rings. The van der Waals surface area contributed by atoms with E-state index in [9.17, 15) is 25.2 Å². The van der Waals surface area contributed by atoms with E-state index in [0.29, 0.717) is 24.4 Å². The van der Waals surface area contributed by atoms with Crippen molar-refractivity contribution in [2.45, 2.75) is 64.7 Å². The third-order valence-electron chi connectivity index (χ3n) is 8.62. The predicted molar refractivity (Wildman–Crippen MR) is 132 cm³/mol. The summed E-state index contributed by atoms with van der Waals surface area (Å²) in [7, 11) is 0. The number of hydrogen-bond donors (Lipinski definition) is 3. The van der Waals surface area contributed by atoms with Crippen molar-refractivity contribution in [2.24, 2.45) is 28.3 Å². The van der Waals surface area contributed by atoms with Crippen LogP contribution in [0.5, 0.6) is 5.75 Å². The number of aromatic nitrogens is 1. The average Bonchev–Trinajstić information content (AvgIpc) is 3.36. The van der Waals surface area contributed by atoms with Crippen LogP contribution in [-0.2, 0) is 11.2 Å². The van der Waals surface area contributed by atoms with Gasteiger partial charge in [0.25, 0.3) is 0 Å². The first kappa shape index (κ1) is 23.7. The first-order chi connectivity index (χ1) is 16.7. The number of nitro benzene ring substituents is 1. The van der Waals surface area contributed by atoms with Gasteiger partial charge < -0.3 is 15.6 Å². The quantitative estimate of drug-likeness (QED) is 0.287. The highest BCUT2D eigenvalue weighted by atomic mass is 32.1. The summed E-state index contributed by atoms with van der Waals surface area (Å²) < 4.78 is 0. The molecule has 3 N–H and O–H groups in total. The van der Waals surface area contributed by atoms with Gasteiger partial charge in [-0.3, -0.25) is 14.9 Å². The third kappa shape index (κ3) is 4.07. The van der Waals surface area contributed by atoms with Gasteiger partial charge in [-0.05, 0) is 86.3 Å². The van der Waals surface area contributed by atoms with Crippen LogP contribution < -0.4 is 5.32 Å². The predicted octanol–water partition coefficient (Wildman–Crippen LogP) is 5.40. The fraction of sp³-hybridized carbons (Fsp3) is 0.560. The fourth-order valence-electron chi connectivity index (χ4n) is 7.15. The molecule has 9 nitrogen and oxygen atoms in total. The van der Waals surface area contributed by atoms with Crippen molar-refractivity contribution in [1.29, 1.82) is 0 Å². The number of carbonyl (C=O) groups excluding carboxylic acids is 1. The summed E-state index contributed by atoms with van der Waals surface area (Å²) in [5.74, 6) is 0.507. The molecule has 0 aliphatic heterocycles. The van der Waals surface area contributed by atoms with E-state index < -0.39 is 4.92 Å². The second-order valence-corrected chi connectivity index (χ2v) is 11.7. The van der Waals surface area contributed by atoms with E-state index >= 15 is 0 Å². The minimum Gasteiger partial charge on any atom is -0.502 e. The Morgan fingerprint density at radius 2 is 2.20 bits per heavy atom. The van der Waals surface area contributed by atoms with Gasteiger partial charge in [-0.1, -0.05) is 12.1 Å². The maximum Gasteiger partial charge on any atom is 0.310 e. The zero-order valence-electron chi connectivity index (χ0n) is 19.9. The third-order valence-corrected chi connectivity index (χ3v) is 9.45. The van der Waals surface area contributed by atoms with Crippen molar-refractivity contribution >= 4 is 33.8 Å². The molecule has 35 heavy (non-hydrogen) atoms. The van der Waals surface area contributed by atoms with Crippen LogP contribution in [0, 0.1) is 40.2 Å². The van der Waals surface area contributed by atoms with E-state index in [4.69, 9.17) is 0 Å². The molecule has 3 aliphatic carbocycles. The molecule has 2 fully saturated rings. The van der Waals surface area contributed by atoms with Crippen molar-refractivity contribution in [1.82, 2.24) is 4.98 Å². The molecular formula is C25H30N4O5S. The molecule has 1 aromatic carbocycles.